The van der Waals surface area contributed by atoms with Gasteiger partial charge in [0.15, 0.2) is 31.4 Å². The topological polar surface area (TPSA) is 201 Å². The standard InChI is InChI=1S/C37H54O10Si.C24H38O8Si/c1-26(44-24-27-16-18-29(41-5)19-17-27)12-10-14-31(38)35-32(46-37(2,3)47-35)15-11-13-28-22-30(42-6)23-33(45-25-40-4)34(28)36(39)43-20-21-48(7,8)9;1-24(2)31-19(21(15-25)32-24)10-8-9-17-13-18(28-4)14-20(30-16-27-3)22(17)23(26)29-11-12-33(5,6)7/h16-19,22-23,26,31-32,35,38H,11-13,15,20-21,24-25H2,1-9H3;13-15,19,21H,8-12,16H2,1-7H3/t26?,31?,32-,35?;19-,21?/m00/s1. The Balaban J connectivity index is 0.000000374. The Labute approximate surface area is 483 Å². The Kier molecular flexibility index (Phi) is 27.6. The molecule has 3 aromatic rings. The number of hydrogen-bond donors (Lipinski definition) is 1. The first-order valence-corrected chi connectivity index (χ1v) is 35.2. The summed E-state index contributed by atoms with van der Waals surface area (Å²) in [5, 5.41) is 11.0. The van der Waals surface area contributed by atoms with Gasteiger partial charge in [-0.3, -0.25) is 0 Å². The van der Waals surface area contributed by atoms with Crippen LogP contribution in [-0.2, 0) is 66.9 Å². The number of carbonyl (C=O) groups is 3. The van der Waals surface area contributed by atoms with Crippen LogP contribution in [0.4, 0.5) is 0 Å². The van der Waals surface area contributed by atoms with E-state index in [1.54, 1.807) is 47.3 Å². The molecule has 2 fully saturated rings. The lowest BCUT2D eigenvalue weighted by molar-refractivity contribution is -0.152. The highest BCUT2D eigenvalue weighted by Crippen LogP contribution is 2.37. The van der Waals surface area contributed by atoms with E-state index in [2.05, 4.69) is 51.1 Å². The smallest absolute Gasteiger partial charge is 0.342 e. The van der Waals surface area contributed by atoms with Crippen LogP contribution in [0.1, 0.15) is 104 Å². The molecule has 0 aromatic heterocycles. The highest BCUT2D eigenvalue weighted by atomic mass is 28.3. The minimum absolute atomic E-state index is 0.00879. The van der Waals surface area contributed by atoms with Gasteiger partial charge in [-0.2, -0.15) is 0 Å². The van der Waals surface area contributed by atoms with Crippen molar-refractivity contribution in [2.75, 3.05) is 62.3 Å². The second kappa shape index (κ2) is 32.7. The van der Waals surface area contributed by atoms with Crippen molar-refractivity contribution in [2.45, 2.75) is 186 Å². The van der Waals surface area contributed by atoms with Gasteiger partial charge < -0.3 is 76.2 Å². The highest BCUT2D eigenvalue weighted by molar-refractivity contribution is 6.76. The number of aryl methyl sites for hydroxylation is 2. The maximum Gasteiger partial charge on any atom is 0.342 e. The fraction of sp³-hybridized carbons (Fsp3) is 0.623. The maximum atomic E-state index is 13.4. The molecule has 3 aromatic carbocycles. The van der Waals surface area contributed by atoms with Crippen molar-refractivity contribution < 1.29 is 85.8 Å². The molecule has 2 saturated heterocycles. The molecule has 1 N–H and O–H groups in total. The summed E-state index contributed by atoms with van der Waals surface area (Å²) in [6.07, 6.45) is 1.59. The molecule has 0 saturated carbocycles. The van der Waals surface area contributed by atoms with Crippen LogP contribution in [0, 0.1) is 11.8 Å². The third kappa shape index (κ3) is 23.6. The Morgan fingerprint density at radius 3 is 1.59 bits per heavy atom. The number of ether oxygens (including phenoxy) is 14. The van der Waals surface area contributed by atoms with Crippen LogP contribution < -0.4 is 23.7 Å². The monoisotopic (exact) mass is 1170 g/mol. The van der Waals surface area contributed by atoms with E-state index in [9.17, 15) is 19.5 Å². The lowest BCUT2D eigenvalue weighted by atomic mass is 9.97. The number of aliphatic hydroxyl groups is 1. The zero-order valence-corrected chi connectivity index (χ0v) is 52.9. The molecule has 0 bridgehead atoms. The quantitative estimate of drug-likeness (QED) is 0.0209. The van der Waals surface area contributed by atoms with E-state index >= 15 is 0 Å². The Morgan fingerprint density at radius 2 is 1.14 bits per heavy atom. The highest BCUT2D eigenvalue weighted by Gasteiger charge is 2.44. The molecule has 81 heavy (non-hydrogen) atoms. The van der Waals surface area contributed by atoms with E-state index in [0.29, 0.717) is 98.9 Å². The summed E-state index contributed by atoms with van der Waals surface area (Å²) in [7, 11) is 5.05. The third-order valence-electron chi connectivity index (χ3n) is 13.1. The number of carbonyl (C=O) groups excluding carboxylic acids is 3. The van der Waals surface area contributed by atoms with Gasteiger partial charge in [-0.05, 0) is 126 Å². The van der Waals surface area contributed by atoms with Gasteiger partial charge in [0.2, 0.25) is 0 Å². The van der Waals surface area contributed by atoms with Gasteiger partial charge in [0.25, 0.3) is 0 Å². The van der Waals surface area contributed by atoms with Crippen LogP contribution in [0.25, 0.3) is 0 Å². The summed E-state index contributed by atoms with van der Waals surface area (Å²) in [4.78, 5) is 37.8. The number of methoxy groups -OCH3 is 5. The summed E-state index contributed by atoms with van der Waals surface area (Å²) >= 11 is 0. The van der Waals surface area contributed by atoms with Gasteiger partial charge >= 0.3 is 11.9 Å². The summed E-state index contributed by atoms with van der Waals surface area (Å²) in [5.74, 6) is 6.09. The van der Waals surface area contributed by atoms with Crippen molar-refractivity contribution in [3.63, 3.8) is 0 Å². The fourth-order valence-corrected chi connectivity index (χ4v) is 10.3. The molecule has 2 heterocycles. The molecule has 0 radical (unpaired) electrons. The van der Waals surface area contributed by atoms with Crippen LogP contribution >= 0.6 is 0 Å². The number of esters is 2. The van der Waals surface area contributed by atoms with Crippen molar-refractivity contribution in [3.8, 4) is 40.6 Å². The number of aldehydes is 1. The number of aliphatic hydroxyl groups excluding tert-OH is 1. The molecule has 5 rings (SSSR count). The average Bonchev–Trinajstić information content (AvgIpc) is 3.91. The van der Waals surface area contributed by atoms with E-state index in [4.69, 9.17) is 66.3 Å². The zero-order chi connectivity index (χ0) is 60.0. The van der Waals surface area contributed by atoms with Gasteiger partial charge in [0.1, 0.15) is 58.2 Å². The lowest BCUT2D eigenvalue weighted by Crippen LogP contribution is -2.34. The van der Waals surface area contributed by atoms with Crippen molar-refractivity contribution >= 4 is 34.4 Å². The molecule has 0 amide bonds. The lowest BCUT2D eigenvalue weighted by Gasteiger charge is -2.20. The van der Waals surface area contributed by atoms with Crippen LogP contribution in [0.3, 0.4) is 0 Å². The fourth-order valence-electron chi connectivity index (χ4n) is 8.85. The minimum atomic E-state index is -1.40. The van der Waals surface area contributed by atoms with Gasteiger partial charge in [0.05, 0.1) is 59.5 Å². The number of benzene rings is 3. The maximum absolute atomic E-state index is 13.4. The summed E-state index contributed by atoms with van der Waals surface area (Å²) in [6, 6.07) is 16.4. The van der Waals surface area contributed by atoms with Crippen LogP contribution in [-0.4, -0.2) is 150 Å². The molecule has 2 aliphatic rings. The second-order valence-corrected chi connectivity index (χ2v) is 34.7. The first kappa shape index (κ1) is 68.4. The Morgan fingerprint density at radius 1 is 0.667 bits per heavy atom. The van der Waals surface area contributed by atoms with E-state index in [1.165, 1.54) is 14.2 Å². The zero-order valence-electron chi connectivity index (χ0n) is 50.9. The molecule has 18 nitrogen and oxygen atoms in total. The Hall–Kier alpha value is -5.06. The van der Waals surface area contributed by atoms with Crippen molar-refractivity contribution in [1.82, 2.24) is 0 Å². The van der Waals surface area contributed by atoms with Crippen LogP contribution in [0.2, 0.25) is 51.4 Å². The molecular weight excluding hydrogens is 1080 g/mol. The van der Waals surface area contributed by atoms with Crippen molar-refractivity contribution in [1.29, 1.82) is 0 Å². The summed E-state index contributed by atoms with van der Waals surface area (Å²) in [5.41, 5.74) is 3.25. The number of hydrogen-bond acceptors (Lipinski definition) is 18. The minimum Gasteiger partial charge on any atom is -0.497 e. The molecular formula is C61H92O18Si2. The summed E-state index contributed by atoms with van der Waals surface area (Å²) < 4.78 is 78.9. The second-order valence-electron chi connectivity index (χ2n) is 23.5. The molecule has 0 spiro atoms. The van der Waals surface area contributed by atoms with Crippen molar-refractivity contribution in [3.05, 3.63) is 76.3 Å². The first-order chi connectivity index (χ1) is 38.2. The first-order valence-electron chi connectivity index (χ1n) is 27.8. The van der Waals surface area contributed by atoms with Gasteiger partial charge in [0, 0.05) is 48.9 Å². The molecule has 452 valence electrons. The van der Waals surface area contributed by atoms with E-state index < -0.39 is 64.1 Å². The largest absolute Gasteiger partial charge is 0.497 e. The predicted octanol–water partition coefficient (Wildman–Crippen LogP) is 10.6. The normalized spacial score (nSPS) is 19.0. The Bertz CT molecular complexity index is 2490. The predicted molar refractivity (Wildman–Crippen MR) is 313 cm³/mol. The average molecular weight is 1170 g/mol. The molecule has 20 heteroatoms. The van der Waals surface area contributed by atoms with Gasteiger partial charge in [-0.25, -0.2) is 9.59 Å². The van der Waals surface area contributed by atoms with Crippen LogP contribution in [0.15, 0.2) is 48.5 Å². The SMILES string of the molecule is COCOc1cc(OC)cc(CCC[C@@H]2OC(C)(C)OC2C(O)C#CCC(C)OCc2ccc(OC)cc2)c1C(=O)OCC[Si](C)(C)C.COCOc1cc(OC)cc(CCC[C@@H]2OC(C)(C)OC2C=O)c1C(=O)OCC[Si](C)(C)C. The third-order valence-corrected chi connectivity index (χ3v) is 16.5. The number of rotatable bonds is 31. The molecule has 6 atom stereocenters. The van der Waals surface area contributed by atoms with Crippen molar-refractivity contribution in [2.24, 2.45) is 0 Å². The molecule has 2 aliphatic heterocycles. The van der Waals surface area contributed by atoms with E-state index in [1.807, 2.05) is 57.2 Å². The van der Waals surface area contributed by atoms with Gasteiger partial charge in [-0.1, -0.05) is 63.3 Å². The van der Waals surface area contributed by atoms with E-state index in [0.717, 1.165) is 40.8 Å². The molecule has 4 unspecified atom stereocenters. The molecule has 0 aliphatic carbocycles. The summed E-state index contributed by atoms with van der Waals surface area (Å²) in [6.45, 7) is 23.7. The van der Waals surface area contributed by atoms with E-state index in [-0.39, 0.29) is 25.8 Å². The van der Waals surface area contributed by atoms with Gasteiger partial charge in [-0.15, -0.1) is 0 Å². The van der Waals surface area contributed by atoms with Crippen LogP contribution in [0.5, 0.6) is 28.7 Å².